The van der Waals surface area contributed by atoms with Crippen molar-refractivity contribution in [3.05, 3.63) is 42.1 Å². The Morgan fingerprint density at radius 3 is 2.89 bits per heavy atom. The van der Waals surface area contributed by atoms with Crippen LogP contribution in [0.4, 0.5) is 11.6 Å². The van der Waals surface area contributed by atoms with Crippen molar-refractivity contribution in [3.8, 4) is 5.88 Å². The summed E-state index contributed by atoms with van der Waals surface area (Å²) in [5, 5.41) is 3.13. The van der Waals surface area contributed by atoms with E-state index in [-0.39, 0.29) is 6.10 Å². The molecule has 0 saturated carbocycles. The van der Waals surface area contributed by atoms with Gasteiger partial charge in [-0.15, -0.1) is 11.6 Å². The van der Waals surface area contributed by atoms with Gasteiger partial charge >= 0.3 is 0 Å². The molecule has 0 bridgehead atoms. The number of hydrogen-bond acceptors (Lipinski definition) is 4. The lowest BCUT2D eigenvalue weighted by Crippen LogP contribution is -2.08. The van der Waals surface area contributed by atoms with Crippen molar-refractivity contribution in [1.29, 1.82) is 0 Å². The number of alkyl halides is 1. The minimum Gasteiger partial charge on any atom is -0.475 e. The molecule has 0 fully saturated rings. The first-order valence-corrected chi connectivity index (χ1v) is 6.62. The van der Waals surface area contributed by atoms with Gasteiger partial charge in [0.2, 0.25) is 11.8 Å². The molecule has 2 aromatic rings. The Labute approximate surface area is 117 Å². The highest BCUT2D eigenvalue weighted by atomic mass is 35.5. The van der Waals surface area contributed by atoms with Crippen LogP contribution in [0, 0.1) is 0 Å². The zero-order chi connectivity index (χ0) is 13.7. The van der Waals surface area contributed by atoms with Gasteiger partial charge in [0.15, 0.2) is 0 Å². The summed E-state index contributed by atoms with van der Waals surface area (Å²) in [7, 11) is 0. The Bertz CT molecular complexity index is 546. The number of hydrogen-bond donors (Lipinski definition) is 1. The monoisotopic (exact) mass is 277 g/mol. The third-order valence-corrected chi connectivity index (χ3v) is 2.63. The molecule has 0 aliphatic heterocycles. The maximum absolute atomic E-state index is 5.81. The second kappa shape index (κ2) is 6.38. The van der Waals surface area contributed by atoms with Gasteiger partial charge < -0.3 is 10.1 Å². The van der Waals surface area contributed by atoms with Crippen molar-refractivity contribution in [3.63, 3.8) is 0 Å². The first-order chi connectivity index (χ1) is 9.17. The quantitative estimate of drug-likeness (QED) is 0.846. The highest BCUT2D eigenvalue weighted by Crippen LogP contribution is 2.17. The van der Waals surface area contributed by atoms with E-state index in [1.54, 1.807) is 12.3 Å². The molecule has 1 aromatic heterocycles. The summed E-state index contributed by atoms with van der Waals surface area (Å²) in [6, 6.07) is 9.55. The van der Waals surface area contributed by atoms with E-state index in [1.165, 1.54) is 0 Å². The SMILES string of the molecule is CC(C)Oc1ccnc(Nc2cccc(CCl)c2)n1. The van der Waals surface area contributed by atoms with Gasteiger partial charge in [0.1, 0.15) is 0 Å². The molecular weight excluding hydrogens is 262 g/mol. The van der Waals surface area contributed by atoms with Crippen LogP contribution in [0.5, 0.6) is 5.88 Å². The van der Waals surface area contributed by atoms with Crippen LogP contribution < -0.4 is 10.1 Å². The number of rotatable bonds is 5. The minimum atomic E-state index is 0.0855. The fourth-order valence-electron chi connectivity index (χ4n) is 1.57. The van der Waals surface area contributed by atoms with Crippen LogP contribution in [0.15, 0.2) is 36.5 Å². The van der Waals surface area contributed by atoms with Gasteiger partial charge in [0, 0.05) is 23.8 Å². The molecule has 0 atom stereocenters. The Morgan fingerprint density at radius 1 is 1.32 bits per heavy atom. The van der Waals surface area contributed by atoms with Crippen LogP contribution in [0.3, 0.4) is 0 Å². The van der Waals surface area contributed by atoms with Crippen LogP contribution in [0.25, 0.3) is 0 Å². The molecule has 0 aliphatic carbocycles. The van der Waals surface area contributed by atoms with Gasteiger partial charge in [-0.25, -0.2) is 4.98 Å². The lowest BCUT2D eigenvalue weighted by Gasteiger charge is -2.10. The zero-order valence-electron chi connectivity index (χ0n) is 10.9. The topological polar surface area (TPSA) is 47.0 Å². The standard InChI is InChI=1S/C14H16ClN3O/c1-10(2)19-13-6-7-16-14(18-13)17-12-5-3-4-11(8-12)9-15/h3-8,10H,9H2,1-2H3,(H,16,17,18). The van der Waals surface area contributed by atoms with E-state index in [1.807, 2.05) is 38.1 Å². The predicted molar refractivity (Wildman–Crippen MR) is 77.1 cm³/mol. The van der Waals surface area contributed by atoms with Crippen molar-refractivity contribution in [2.75, 3.05) is 5.32 Å². The lowest BCUT2D eigenvalue weighted by molar-refractivity contribution is 0.232. The van der Waals surface area contributed by atoms with Gasteiger partial charge in [-0.3, -0.25) is 0 Å². The van der Waals surface area contributed by atoms with Crippen LogP contribution in [0.1, 0.15) is 19.4 Å². The van der Waals surface area contributed by atoms with Crippen molar-refractivity contribution in [2.45, 2.75) is 25.8 Å². The molecule has 5 heteroatoms. The number of nitrogens with one attached hydrogen (secondary N) is 1. The third-order valence-electron chi connectivity index (χ3n) is 2.32. The Hall–Kier alpha value is -1.81. The van der Waals surface area contributed by atoms with Crippen molar-refractivity contribution < 1.29 is 4.74 Å². The molecule has 1 aromatic carbocycles. The summed E-state index contributed by atoms with van der Waals surface area (Å²) >= 11 is 5.81. The first-order valence-electron chi connectivity index (χ1n) is 6.09. The predicted octanol–water partition coefficient (Wildman–Crippen LogP) is 3.75. The van der Waals surface area contributed by atoms with Gasteiger partial charge in [0.05, 0.1) is 6.10 Å². The largest absolute Gasteiger partial charge is 0.475 e. The average molecular weight is 278 g/mol. The molecule has 100 valence electrons. The summed E-state index contributed by atoms with van der Waals surface area (Å²) < 4.78 is 5.53. The van der Waals surface area contributed by atoms with Gasteiger partial charge in [-0.2, -0.15) is 4.98 Å². The number of halogens is 1. The fourth-order valence-corrected chi connectivity index (χ4v) is 1.74. The smallest absolute Gasteiger partial charge is 0.230 e. The first kappa shape index (κ1) is 13.6. The highest BCUT2D eigenvalue weighted by molar-refractivity contribution is 6.17. The normalized spacial score (nSPS) is 10.5. The molecule has 0 radical (unpaired) electrons. The molecule has 0 unspecified atom stereocenters. The summed E-state index contributed by atoms with van der Waals surface area (Å²) in [5.41, 5.74) is 1.95. The van der Waals surface area contributed by atoms with E-state index in [0.29, 0.717) is 17.7 Å². The molecule has 0 amide bonds. The van der Waals surface area contributed by atoms with Crippen LogP contribution in [-0.4, -0.2) is 16.1 Å². The third kappa shape index (κ3) is 4.10. The maximum Gasteiger partial charge on any atom is 0.230 e. The molecule has 1 heterocycles. The van der Waals surface area contributed by atoms with Crippen molar-refractivity contribution in [1.82, 2.24) is 9.97 Å². The Morgan fingerprint density at radius 2 is 2.16 bits per heavy atom. The maximum atomic E-state index is 5.81. The minimum absolute atomic E-state index is 0.0855. The van der Waals surface area contributed by atoms with E-state index in [0.717, 1.165) is 11.3 Å². The van der Waals surface area contributed by atoms with Crippen LogP contribution in [-0.2, 0) is 5.88 Å². The molecule has 1 N–H and O–H groups in total. The summed E-state index contributed by atoms with van der Waals surface area (Å²) in [5.74, 6) is 1.54. The Balaban J connectivity index is 2.13. The number of benzene rings is 1. The van der Waals surface area contributed by atoms with E-state index in [9.17, 15) is 0 Å². The highest BCUT2D eigenvalue weighted by Gasteiger charge is 2.03. The molecule has 2 rings (SSSR count). The fraction of sp³-hybridized carbons (Fsp3) is 0.286. The Kier molecular flexibility index (Phi) is 4.58. The van der Waals surface area contributed by atoms with Crippen molar-refractivity contribution in [2.24, 2.45) is 0 Å². The molecule has 19 heavy (non-hydrogen) atoms. The number of anilines is 2. The number of ether oxygens (including phenoxy) is 1. The van der Waals surface area contributed by atoms with Crippen LogP contribution in [0.2, 0.25) is 0 Å². The zero-order valence-corrected chi connectivity index (χ0v) is 11.7. The molecule has 0 aliphatic rings. The average Bonchev–Trinajstić information content (AvgIpc) is 2.38. The number of nitrogens with zero attached hydrogens (tertiary/aromatic N) is 2. The molecule has 4 nitrogen and oxygen atoms in total. The summed E-state index contributed by atoms with van der Waals surface area (Å²) in [4.78, 5) is 8.45. The lowest BCUT2D eigenvalue weighted by atomic mass is 10.2. The summed E-state index contributed by atoms with van der Waals surface area (Å²) in [6.45, 7) is 3.91. The molecule has 0 saturated heterocycles. The van der Waals surface area contributed by atoms with Gasteiger partial charge in [0.25, 0.3) is 0 Å². The van der Waals surface area contributed by atoms with Crippen molar-refractivity contribution >= 4 is 23.2 Å². The summed E-state index contributed by atoms with van der Waals surface area (Å²) in [6.07, 6.45) is 1.75. The molecule has 0 spiro atoms. The van der Waals surface area contributed by atoms with Crippen LogP contribution >= 0.6 is 11.6 Å². The molecular formula is C14H16ClN3O. The second-order valence-electron chi connectivity index (χ2n) is 4.34. The van der Waals surface area contributed by atoms with Gasteiger partial charge in [-0.05, 0) is 31.5 Å². The number of aromatic nitrogens is 2. The van der Waals surface area contributed by atoms with Gasteiger partial charge in [-0.1, -0.05) is 12.1 Å². The van der Waals surface area contributed by atoms with E-state index >= 15 is 0 Å². The second-order valence-corrected chi connectivity index (χ2v) is 4.61. The van der Waals surface area contributed by atoms with E-state index in [2.05, 4.69) is 15.3 Å². The van der Waals surface area contributed by atoms with E-state index < -0.39 is 0 Å². The van der Waals surface area contributed by atoms with E-state index in [4.69, 9.17) is 16.3 Å².